The number of halogens is 1. The molecule has 6 heteroatoms. The third-order valence-corrected chi connectivity index (χ3v) is 3.43. The zero-order chi connectivity index (χ0) is 11.7. The molecule has 4 nitrogen and oxygen atoms in total. The first-order chi connectivity index (χ1) is 8.34. The first-order valence-corrected chi connectivity index (χ1v) is 6.15. The summed E-state index contributed by atoms with van der Waals surface area (Å²) in [5, 5.41) is 16.0. The van der Waals surface area contributed by atoms with Crippen LogP contribution < -0.4 is 0 Å². The lowest BCUT2D eigenvalue weighted by Crippen LogP contribution is -1.81. The summed E-state index contributed by atoms with van der Waals surface area (Å²) in [5.74, 6) is 0. The molecule has 2 aromatic heterocycles. The molecule has 0 aliphatic carbocycles. The summed E-state index contributed by atoms with van der Waals surface area (Å²) in [6, 6.07) is 5.85. The van der Waals surface area contributed by atoms with Gasteiger partial charge in [0.05, 0.1) is 11.2 Å². The lowest BCUT2D eigenvalue weighted by molar-refractivity contribution is 1.09. The van der Waals surface area contributed by atoms with E-state index in [1.165, 1.54) is 11.3 Å². The number of nitrogens with one attached hydrogen (secondary N) is 1. The largest absolute Gasteiger partial charge is 0.285 e. The van der Waals surface area contributed by atoms with Gasteiger partial charge in [-0.2, -0.15) is 5.10 Å². The Morgan fingerprint density at radius 2 is 2.18 bits per heavy atom. The monoisotopic (exact) mass is 262 g/mol. The van der Waals surface area contributed by atoms with E-state index in [1.54, 1.807) is 11.7 Å². The van der Waals surface area contributed by atoms with Crippen LogP contribution in [-0.4, -0.2) is 20.4 Å². The van der Waals surface area contributed by atoms with E-state index in [2.05, 4.69) is 20.4 Å². The van der Waals surface area contributed by atoms with E-state index in [1.807, 2.05) is 24.4 Å². The second-order valence-electron chi connectivity index (χ2n) is 3.43. The Hall–Kier alpha value is -1.72. The Kier molecular flexibility index (Phi) is 2.62. The van der Waals surface area contributed by atoms with Crippen LogP contribution in [0.4, 0.5) is 0 Å². The second kappa shape index (κ2) is 4.27. The minimum Gasteiger partial charge on any atom is -0.285 e. The van der Waals surface area contributed by atoms with E-state index in [0.717, 1.165) is 21.7 Å². The van der Waals surface area contributed by atoms with Crippen molar-refractivity contribution >= 4 is 22.9 Å². The molecule has 3 rings (SSSR count). The molecule has 0 aliphatic heterocycles. The Morgan fingerprint density at radius 1 is 1.24 bits per heavy atom. The molecule has 0 amide bonds. The van der Waals surface area contributed by atoms with Crippen molar-refractivity contribution in [1.29, 1.82) is 0 Å². The number of aromatic amines is 1. The molecule has 1 aromatic carbocycles. The summed E-state index contributed by atoms with van der Waals surface area (Å²) in [7, 11) is 0. The van der Waals surface area contributed by atoms with Crippen LogP contribution in [0.3, 0.4) is 0 Å². The summed E-state index contributed by atoms with van der Waals surface area (Å²) in [5.41, 5.74) is 4.63. The van der Waals surface area contributed by atoms with Crippen LogP contribution in [0.15, 0.2) is 36.1 Å². The Balaban J connectivity index is 2.06. The van der Waals surface area contributed by atoms with Crippen LogP contribution >= 0.6 is 22.9 Å². The van der Waals surface area contributed by atoms with Crippen LogP contribution in [0.25, 0.3) is 21.7 Å². The van der Waals surface area contributed by atoms with Crippen LogP contribution in [0.5, 0.6) is 0 Å². The minimum absolute atomic E-state index is 0.667. The first-order valence-electron chi connectivity index (χ1n) is 4.90. The number of hydrogen-bond acceptors (Lipinski definition) is 4. The van der Waals surface area contributed by atoms with Gasteiger partial charge < -0.3 is 0 Å². The molecule has 0 unspecified atom stereocenters. The van der Waals surface area contributed by atoms with E-state index in [-0.39, 0.29) is 0 Å². The highest BCUT2D eigenvalue weighted by molar-refractivity contribution is 7.12. The fraction of sp³-hybridized carbons (Fsp3) is 0. The number of rotatable bonds is 2. The lowest BCUT2D eigenvalue weighted by atomic mass is 10.1. The van der Waals surface area contributed by atoms with Crippen LogP contribution in [0.2, 0.25) is 5.02 Å². The van der Waals surface area contributed by atoms with Crippen LogP contribution in [-0.2, 0) is 0 Å². The standard InChI is InChI=1S/C11H7ClN4S/c12-10-3-7(8-4-13-14-5-8)1-2-9(10)11-16-15-6-17-11/h1-6H,(H,13,14). The van der Waals surface area contributed by atoms with Gasteiger partial charge in [-0.15, -0.1) is 10.2 Å². The predicted molar refractivity (Wildman–Crippen MR) is 67.9 cm³/mol. The smallest absolute Gasteiger partial charge is 0.149 e. The van der Waals surface area contributed by atoms with Gasteiger partial charge in [0.1, 0.15) is 10.5 Å². The average Bonchev–Trinajstić information content (AvgIpc) is 3.02. The van der Waals surface area contributed by atoms with Crippen LogP contribution in [0, 0.1) is 0 Å². The van der Waals surface area contributed by atoms with Crippen molar-refractivity contribution in [2.24, 2.45) is 0 Å². The maximum atomic E-state index is 6.25. The van der Waals surface area contributed by atoms with E-state index in [0.29, 0.717) is 5.02 Å². The number of aromatic nitrogens is 4. The van der Waals surface area contributed by atoms with E-state index >= 15 is 0 Å². The van der Waals surface area contributed by atoms with Crippen molar-refractivity contribution in [2.75, 3.05) is 0 Å². The molecular formula is C11H7ClN4S. The SMILES string of the molecule is Clc1cc(-c2cn[nH]c2)ccc1-c1nncs1. The Bertz CT molecular complexity index is 619. The van der Waals surface area contributed by atoms with Gasteiger partial charge >= 0.3 is 0 Å². The van der Waals surface area contributed by atoms with Gasteiger partial charge in [0.15, 0.2) is 0 Å². The number of H-pyrrole nitrogens is 1. The van der Waals surface area contributed by atoms with Gasteiger partial charge in [-0.25, -0.2) is 0 Å². The molecule has 1 N–H and O–H groups in total. The molecule has 84 valence electrons. The van der Waals surface area contributed by atoms with Crippen molar-refractivity contribution in [3.8, 4) is 21.7 Å². The van der Waals surface area contributed by atoms with Crippen molar-refractivity contribution < 1.29 is 0 Å². The zero-order valence-corrected chi connectivity index (χ0v) is 10.2. The molecule has 17 heavy (non-hydrogen) atoms. The third-order valence-electron chi connectivity index (χ3n) is 2.39. The van der Waals surface area contributed by atoms with E-state index in [9.17, 15) is 0 Å². The van der Waals surface area contributed by atoms with Gasteiger partial charge in [0.25, 0.3) is 0 Å². The minimum atomic E-state index is 0.667. The summed E-state index contributed by atoms with van der Waals surface area (Å²) in [6.45, 7) is 0. The second-order valence-corrected chi connectivity index (χ2v) is 4.67. The maximum absolute atomic E-state index is 6.25. The molecule has 3 aromatic rings. The maximum Gasteiger partial charge on any atom is 0.149 e. The third kappa shape index (κ3) is 1.94. The van der Waals surface area contributed by atoms with Crippen molar-refractivity contribution in [3.63, 3.8) is 0 Å². The zero-order valence-electron chi connectivity index (χ0n) is 8.59. The number of hydrogen-bond donors (Lipinski definition) is 1. The number of benzene rings is 1. The topological polar surface area (TPSA) is 54.5 Å². The molecular weight excluding hydrogens is 256 g/mol. The van der Waals surface area contributed by atoms with Gasteiger partial charge in [0.2, 0.25) is 0 Å². The van der Waals surface area contributed by atoms with Crippen molar-refractivity contribution in [2.45, 2.75) is 0 Å². The fourth-order valence-electron chi connectivity index (χ4n) is 1.57. The highest BCUT2D eigenvalue weighted by Gasteiger charge is 2.08. The van der Waals surface area contributed by atoms with Gasteiger partial charge in [0, 0.05) is 17.3 Å². The fourth-order valence-corrected chi connectivity index (χ4v) is 2.49. The normalized spacial score (nSPS) is 10.6. The summed E-state index contributed by atoms with van der Waals surface area (Å²) < 4.78 is 0. The van der Waals surface area contributed by atoms with Gasteiger partial charge in [-0.3, -0.25) is 5.10 Å². The van der Waals surface area contributed by atoms with Crippen molar-refractivity contribution in [1.82, 2.24) is 20.4 Å². The first kappa shape index (κ1) is 10.4. The average molecular weight is 263 g/mol. The van der Waals surface area contributed by atoms with Crippen molar-refractivity contribution in [3.05, 3.63) is 41.1 Å². The molecule has 0 fully saturated rings. The lowest BCUT2D eigenvalue weighted by Gasteiger charge is -2.02. The summed E-state index contributed by atoms with van der Waals surface area (Å²) in [4.78, 5) is 0. The quantitative estimate of drug-likeness (QED) is 0.771. The predicted octanol–water partition coefficient (Wildman–Crippen LogP) is 3.25. The summed E-state index contributed by atoms with van der Waals surface area (Å²) in [6.07, 6.45) is 3.59. The highest BCUT2D eigenvalue weighted by Crippen LogP contribution is 2.32. The highest BCUT2D eigenvalue weighted by atomic mass is 35.5. The molecule has 0 atom stereocenters. The Morgan fingerprint density at radius 3 is 2.82 bits per heavy atom. The van der Waals surface area contributed by atoms with E-state index in [4.69, 9.17) is 11.6 Å². The molecule has 0 aliphatic rings. The molecule has 0 bridgehead atoms. The van der Waals surface area contributed by atoms with Crippen LogP contribution in [0.1, 0.15) is 0 Å². The van der Waals surface area contributed by atoms with E-state index < -0.39 is 0 Å². The molecule has 2 heterocycles. The molecule has 0 saturated carbocycles. The number of nitrogens with zero attached hydrogens (tertiary/aromatic N) is 3. The Labute approximate surface area is 106 Å². The molecule has 0 radical (unpaired) electrons. The molecule has 0 spiro atoms. The van der Waals surface area contributed by atoms with Gasteiger partial charge in [-0.1, -0.05) is 29.0 Å². The molecule has 0 saturated heterocycles. The van der Waals surface area contributed by atoms with Gasteiger partial charge in [-0.05, 0) is 17.7 Å². The summed E-state index contributed by atoms with van der Waals surface area (Å²) >= 11 is 7.71.